The zero-order chi connectivity index (χ0) is 30.8. The van der Waals surface area contributed by atoms with Crippen LogP contribution in [-0.4, -0.2) is 44.6 Å². The summed E-state index contributed by atoms with van der Waals surface area (Å²) in [5.41, 5.74) is 0. The Hall–Kier alpha value is 0.739. The van der Waals surface area contributed by atoms with Crippen LogP contribution in [0.2, 0.25) is 0 Å². The second-order valence-electron chi connectivity index (χ2n) is 12.0. The quantitative estimate of drug-likeness (QED) is 0.0562. The minimum Gasteiger partial charge on any atom is -0.411 e. The Bertz CT molecular complexity index is 507. The van der Waals surface area contributed by atoms with Crippen LogP contribution in [0.3, 0.4) is 0 Å². The van der Waals surface area contributed by atoms with Gasteiger partial charge in [-0.3, -0.25) is 0 Å². The van der Waals surface area contributed by atoms with Crippen LogP contribution in [-0.2, 0) is 42.3 Å². The van der Waals surface area contributed by atoms with Gasteiger partial charge in [-0.15, -0.1) is 0 Å². The molecule has 246 valence electrons. The number of hydrogen-bond acceptors (Lipinski definition) is 4. The topological polar surface area (TPSA) is 6.48 Å². The SMILES string of the molecule is CCCCC(CC)CN(CC(CC)CCCC)C(=S)[S-].CCCCC(CC)CN(CC(CC)CCCC)C(=S)[S-].[Fe+2]. The summed E-state index contributed by atoms with van der Waals surface area (Å²) >= 11 is 21.3. The maximum absolute atomic E-state index is 5.32. The van der Waals surface area contributed by atoms with Crippen molar-refractivity contribution in [2.24, 2.45) is 23.7 Å². The van der Waals surface area contributed by atoms with Gasteiger partial charge in [0.2, 0.25) is 0 Å². The molecular formula is C34H68FeN2S4. The Kier molecular flexibility index (Phi) is 36.2. The molecule has 2 nitrogen and oxygen atoms in total. The second-order valence-corrected chi connectivity index (χ2v) is 14.1. The average molecular weight is 689 g/mol. The second kappa shape index (κ2) is 32.1. The molecule has 0 amide bonds. The number of nitrogens with zero attached hydrogens (tertiary/aromatic N) is 2. The first-order valence-corrected chi connectivity index (χ1v) is 18.7. The van der Waals surface area contributed by atoms with E-state index < -0.39 is 0 Å². The van der Waals surface area contributed by atoms with Gasteiger partial charge < -0.3 is 59.5 Å². The van der Waals surface area contributed by atoms with Crippen LogP contribution >= 0.6 is 24.4 Å². The van der Waals surface area contributed by atoms with E-state index in [1.165, 1.54) is 103 Å². The molecule has 0 aliphatic rings. The summed E-state index contributed by atoms with van der Waals surface area (Å²) in [6.45, 7) is 22.5. The van der Waals surface area contributed by atoms with Crippen LogP contribution in [0.1, 0.15) is 158 Å². The normalized spacial score (nSPS) is 13.7. The smallest absolute Gasteiger partial charge is 0.411 e. The fourth-order valence-electron chi connectivity index (χ4n) is 5.36. The summed E-state index contributed by atoms with van der Waals surface area (Å²) in [6.07, 6.45) is 20.6. The third-order valence-corrected chi connectivity index (χ3v) is 9.64. The van der Waals surface area contributed by atoms with Crippen molar-refractivity contribution in [2.75, 3.05) is 26.2 Å². The maximum atomic E-state index is 5.32. The summed E-state index contributed by atoms with van der Waals surface area (Å²) in [5.74, 6) is 3.00. The Morgan fingerprint density at radius 1 is 0.463 bits per heavy atom. The van der Waals surface area contributed by atoms with E-state index in [0.717, 1.165) is 49.9 Å². The van der Waals surface area contributed by atoms with E-state index in [1.807, 2.05) is 0 Å². The van der Waals surface area contributed by atoms with Crippen LogP contribution < -0.4 is 0 Å². The van der Waals surface area contributed by atoms with Gasteiger partial charge >= 0.3 is 17.1 Å². The standard InChI is InChI=1S/2C17H35NS2.Fe/c2*1-5-9-11-15(7-3)13-18(17(19)20)14-16(8-4)12-10-6-2;/h2*15-16H,5-14H2,1-4H3,(H,19,20);/q;;+2/p-2. The van der Waals surface area contributed by atoms with Gasteiger partial charge in [0.1, 0.15) is 0 Å². The van der Waals surface area contributed by atoms with Crippen molar-refractivity contribution in [3.8, 4) is 0 Å². The molecule has 0 aromatic heterocycles. The van der Waals surface area contributed by atoms with E-state index >= 15 is 0 Å². The molecule has 0 aliphatic carbocycles. The third-order valence-electron chi connectivity index (χ3n) is 8.60. The van der Waals surface area contributed by atoms with E-state index in [4.69, 9.17) is 49.7 Å². The molecule has 41 heavy (non-hydrogen) atoms. The molecular weight excluding hydrogens is 621 g/mol. The van der Waals surface area contributed by atoms with E-state index in [0.29, 0.717) is 8.64 Å². The minimum atomic E-state index is 0. The molecule has 0 saturated heterocycles. The van der Waals surface area contributed by atoms with Gasteiger partial charge in [-0.2, -0.15) is 0 Å². The Labute approximate surface area is 291 Å². The van der Waals surface area contributed by atoms with Crippen LogP contribution in [0, 0.1) is 23.7 Å². The van der Waals surface area contributed by atoms with Gasteiger partial charge in [-0.1, -0.05) is 141 Å². The molecule has 4 unspecified atom stereocenters. The average Bonchev–Trinajstić information content (AvgIpc) is 2.95. The Morgan fingerprint density at radius 3 is 0.780 bits per heavy atom. The van der Waals surface area contributed by atoms with Gasteiger partial charge in [0.15, 0.2) is 0 Å². The predicted octanol–water partition coefficient (Wildman–Crippen LogP) is 11.1. The summed E-state index contributed by atoms with van der Waals surface area (Å²) in [5, 5.41) is 0. The summed E-state index contributed by atoms with van der Waals surface area (Å²) < 4.78 is 1.35. The third kappa shape index (κ3) is 25.7. The fourth-order valence-corrected chi connectivity index (χ4v) is 5.96. The van der Waals surface area contributed by atoms with Crippen molar-refractivity contribution in [1.82, 2.24) is 9.80 Å². The van der Waals surface area contributed by atoms with Crippen molar-refractivity contribution >= 4 is 58.3 Å². The molecule has 0 aliphatic heterocycles. The van der Waals surface area contributed by atoms with Gasteiger partial charge in [0.05, 0.1) is 0 Å². The van der Waals surface area contributed by atoms with Crippen molar-refractivity contribution in [3.63, 3.8) is 0 Å². The summed E-state index contributed by atoms with van der Waals surface area (Å²) in [6, 6.07) is 0. The predicted molar refractivity (Wildman–Crippen MR) is 196 cm³/mol. The van der Waals surface area contributed by atoms with Crippen molar-refractivity contribution in [3.05, 3.63) is 0 Å². The largest absolute Gasteiger partial charge is 2.00 e. The van der Waals surface area contributed by atoms with Gasteiger partial charge in [0.25, 0.3) is 0 Å². The molecule has 0 heterocycles. The van der Waals surface area contributed by atoms with Gasteiger partial charge in [0, 0.05) is 26.2 Å². The van der Waals surface area contributed by atoms with Crippen LogP contribution in [0.5, 0.6) is 0 Å². The first-order chi connectivity index (χ1) is 19.2. The Morgan fingerprint density at radius 2 is 0.659 bits per heavy atom. The first-order valence-electron chi connectivity index (χ1n) is 17.1. The van der Waals surface area contributed by atoms with Gasteiger partial charge in [-0.25, -0.2) is 0 Å². The fraction of sp³-hybridized carbons (Fsp3) is 0.941. The maximum Gasteiger partial charge on any atom is 2.00 e. The van der Waals surface area contributed by atoms with Crippen molar-refractivity contribution in [1.29, 1.82) is 0 Å². The summed E-state index contributed by atoms with van der Waals surface area (Å²) in [7, 11) is 0. The zero-order valence-electron chi connectivity index (χ0n) is 28.3. The molecule has 0 saturated carbocycles. The van der Waals surface area contributed by atoms with Crippen LogP contribution in [0.15, 0.2) is 0 Å². The van der Waals surface area contributed by atoms with Crippen LogP contribution in [0.4, 0.5) is 0 Å². The van der Waals surface area contributed by atoms with E-state index in [9.17, 15) is 0 Å². The minimum absolute atomic E-state index is 0. The van der Waals surface area contributed by atoms with Crippen molar-refractivity contribution < 1.29 is 17.1 Å². The molecule has 0 aromatic carbocycles. The van der Waals surface area contributed by atoms with Crippen molar-refractivity contribution in [2.45, 2.75) is 158 Å². The van der Waals surface area contributed by atoms with E-state index in [1.54, 1.807) is 0 Å². The molecule has 0 aromatic rings. The Balaban J connectivity index is -0.000000688. The van der Waals surface area contributed by atoms with E-state index in [2.05, 4.69) is 65.2 Å². The summed E-state index contributed by atoms with van der Waals surface area (Å²) in [4.78, 5) is 4.61. The number of thiocarbonyl (C=S) groups is 2. The number of unbranched alkanes of at least 4 members (excludes halogenated alkanes) is 4. The first kappa shape index (κ1) is 46.2. The zero-order valence-corrected chi connectivity index (χ0v) is 32.7. The molecule has 4 atom stereocenters. The number of rotatable bonds is 24. The molecule has 0 spiro atoms. The monoisotopic (exact) mass is 688 g/mol. The molecule has 0 rings (SSSR count). The van der Waals surface area contributed by atoms with Crippen LogP contribution in [0.25, 0.3) is 0 Å². The molecule has 0 fully saturated rings. The molecule has 0 radical (unpaired) electrons. The van der Waals surface area contributed by atoms with E-state index in [-0.39, 0.29) is 17.1 Å². The molecule has 7 heteroatoms. The molecule has 0 N–H and O–H groups in total. The number of hydrogen-bond donors (Lipinski definition) is 0. The molecule has 0 bridgehead atoms. The van der Waals surface area contributed by atoms with Gasteiger partial charge in [-0.05, 0) is 49.4 Å².